The van der Waals surface area contributed by atoms with Crippen molar-refractivity contribution in [3.63, 3.8) is 0 Å². The summed E-state index contributed by atoms with van der Waals surface area (Å²) in [5, 5.41) is 0. The first-order valence-electron chi connectivity index (χ1n) is 10.6. The molecule has 0 radical (unpaired) electrons. The maximum atomic E-state index is 14.2. The fourth-order valence-electron chi connectivity index (χ4n) is 4.53. The highest BCUT2D eigenvalue weighted by Crippen LogP contribution is 2.58. The zero-order valence-corrected chi connectivity index (χ0v) is 18.9. The number of nitrogens with zero attached hydrogens (tertiary/aromatic N) is 2. The van der Waals surface area contributed by atoms with Gasteiger partial charge in [-0.15, -0.1) is 0 Å². The first-order chi connectivity index (χ1) is 16.3. The lowest BCUT2D eigenvalue weighted by molar-refractivity contribution is -0.147. The minimum Gasteiger partial charge on any atom is -0.468 e. The molecule has 1 spiro atoms. The van der Waals surface area contributed by atoms with Gasteiger partial charge in [0.05, 0.1) is 32.3 Å². The summed E-state index contributed by atoms with van der Waals surface area (Å²) in [4.78, 5) is 57.7. The minimum absolute atomic E-state index is 0.00570. The van der Waals surface area contributed by atoms with Crippen molar-refractivity contribution in [2.45, 2.75) is 25.7 Å². The number of anilines is 1. The molecule has 0 saturated heterocycles. The number of carbonyl (C=O) groups is 4. The van der Waals surface area contributed by atoms with E-state index in [1.54, 1.807) is 38.1 Å². The Morgan fingerprint density at radius 2 is 1.82 bits per heavy atom. The van der Waals surface area contributed by atoms with Gasteiger partial charge in [-0.2, -0.15) is 4.98 Å². The van der Waals surface area contributed by atoms with Gasteiger partial charge in [-0.25, -0.2) is 4.79 Å². The van der Waals surface area contributed by atoms with Crippen LogP contribution < -0.4 is 5.73 Å². The van der Waals surface area contributed by atoms with E-state index in [1.165, 1.54) is 7.11 Å². The largest absolute Gasteiger partial charge is 0.468 e. The number of ether oxygens (including phenoxy) is 3. The second-order valence-electron chi connectivity index (χ2n) is 7.52. The summed E-state index contributed by atoms with van der Waals surface area (Å²) < 4.78 is 20.7. The van der Waals surface area contributed by atoms with Crippen molar-refractivity contribution < 1.29 is 37.8 Å². The predicted molar refractivity (Wildman–Crippen MR) is 116 cm³/mol. The minimum atomic E-state index is -1.82. The van der Waals surface area contributed by atoms with E-state index in [0.29, 0.717) is 11.1 Å². The maximum Gasteiger partial charge on any atom is 0.337 e. The van der Waals surface area contributed by atoms with Gasteiger partial charge in [0, 0.05) is 11.3 Å². The molecule has 11 nitrogen and oxygen atoms in total. The van der Waals surface area contributed by atoms with Crippen LogP contribution in [0.5, 0.6) is 0 Å². The Kier molecular flexibility index (Phi) is 5.86. The molecule has 1 aliphatic heterocycles. The number of aromatic nitrogens is 1. The summed E-state index contributed by atoms with van der Waals surface area (Å²) in [5.41, 5.74) is 4.83. The summed E-state index contributed by atoms with van der Waals surface area (Å²) >= 11 is 0. The molecule has 4 rings (SSSR count). The van der Waals surface area contributed by atoms with Gasteiger partial charge in [0.1, 0.15) is 12.2 Å². The van der Waals surface area contributed by atoms with Gasteiger partial charge >= 0.3 is 17.9 Å². The van der Waals surface area contributed by atoms with E-state index in [0.717, 1.165) is 4.90 Å². The summed E-state index contributed by atoms with van der Waals surface area (Å²) in [6.07, 6.45) is -0.461. The number of fused-ring (bicyclic) bond motifs is 5. The average molecular weight is 469 g/mol. The van der Waals surface area contributed by atoms with Crippen LogP contribution in [0.15, 0.2) is 40.0 Å². The molecular formula is C23H23N3O8. The Labute approximate surface area is 194 Å². The highest BCUT2D eigenvalue weighted by atomic mass is 16.5. The van der Waals surface area contributed by atoms with Gasteiger partial charge in [-0.1, -0.05) is 24.3 Å². The number of hydrogen-bond acceptors (Lipinski definition) is 10. The Balaban J connectivity index is 2.06. The number of nitrogen functional groups attached to an aromatic ring is 1. The zero-order chi connectivity index (χ0) is 24.6. The van der Waals surface area contributed by atoms with Crippen molar-refractivity contribution in [1.29, 1.82) is 0 Å². The summed E-state index contributed by atoms with van der Waals surface area (Å²) in [5.74, 6) is -2.74. The number of amides is 1. The summed E-state index contributed by atoms with van der Waals surface area (Å²) in [6.45, 7) is 2.79. The maximum absolute atomic E-state index is 14.2. The summed E-state index contributed by atoms with van der Waals surface area (Å²) in [7, 11) is 1.17. The molecule has 178 valence electrons. The Bertz CT molecular complexity index is 1230. The number of rotatable bonds is 7. The second kappa shape index (κ2) is 8.65. The standard InChI is InChI=1S/C23H23N3O8/c1-4-32-15(27)10-14-17(20(29)33-5-2)23(21(30)26(14)11-16(28)31-3)13-9-7-6-8-12(13)18-19(23)25-22(24)34-18/h6-9H,4-5,10-11H2,1-3H3,(H2,24,25). The van der Waals surface area contributed by atoms with Crippen LogP contribution in [0.1, 0.15) is 31.5 Å². The van der Waals surface area contributed by atoms with Crippen molar-refractivity contribution in [2.75, 3.05) is 32.6 Å². The quantitative estimate of drug-likeness (QED) is 0.464. The fraction of sp³-hybridized carbons (Fsp3) is 0.348. The highest BCUT2D eigenvalue weighted by molar-refractivity contribution is 6.15. The van der Waals surface area contributed by atoms with Crippen molar-refractivity contribution in [2.24, 2.45) is 0 Å². The average Bonchev–Trinajstić information content (AvgIpc) is 3.39. The van der Waals surface area contributed by atoms with Crippen molar-refractivity contribution in [3.8, 4) is 11.3 Å². The van der Waals surface area contributed by atoms with Crippen molar-refractivity contribution in [3.05, 3.63) is 46.8 Å². The molecule has 1 aliphatic carbocycles. The molecule has 1 aromatic carbocycles. The molecule has 1 aromatic heterocycles. The van der Waals surface area contributed by atoms with Crippen LogP contribution in [0.4, 0.5) is 6.01 Å². The molecule has 2 N–H and O–H groups in total. The smallest absolute Gasteiger partial charge is 0.337 e. The first kappa shape index (κ1) is 23.0. The fourth-order valence-corrected chi connectivity index (χ4v) is 4.53. The van der Waals surface area contributed by atoms with Gasteiger partial charge in [-0.3, -0.25) is 14.4 Å². The first-order valence-corrected chi connectivity index (χ1v) is 10.6. The van der Waals surface area contributed by atoms with Gasteiger partial charge in [0.15, 0.2) is 11.2 Å². The van der Waals surface area contributed by atoms with E-state index >= 15 is 0 Å². The Hall–Kier alpha value is -4.15. The predicted octanol–water partition coefficient (Wildman–Crippen LogP) is 1.31. The van der Waals surface area contributed by atoms with Gasteiger partial charge < -0.3 is 29.3 Å². The molecule has 2 aliphatic rings. The third-order valence-corrected chi connectivity index (χ3v) is 5.74. The zero-order valence-electron chi connectivity index (χ0n) is 18.9. The number of hydrogen-bond donors (Lipinski definition) is 1. The van der Waals surface area contributed by atoms with Crippen LogP contribution in [0.25, 0.3) is 11.3 Å². The number of carbonyl (C=O) groups excluding carboxylic acids is 4. The summed E-state index contributed by atoms with van der Waals surface area (Å²) in [6, 6.07) is 6.59. The molecule has 1 amide bonds. The number of esters is 3. The SMILES string of the molecule is CCOC(=O)CC1=C(C(=O)OCC)C2(C(=O)N1CC(=O)OC)c1ccccc1-c1oc(N)nc12. The number of nitrogens with two attached hydrogens (primary N) is 1. The molecule has 0 fully saturated rings. The third-order valence-electron chi connectivity index (χ3n) is 5.74. The van der Waals surface area contributed by atoms with E-state index < -0.39 is 42.2 Å². The van der Waals surface area contributed by atoms with Gasteiger partial charge in [0.2, 0.25) is 5.91 Å². The molecule has 0 bridgehead atoms. The molecule has 0 saturated carbocycles. The lowest BCUT2D eigenvalue weighted by Gasteiger charge is -2.26. The second-order valence-corrected chi connectivity index (χ2v) is 7.52. The molecular weight excluding hydrogens is 446 g/mol. The van der Waals surface area contributed by atoms with E-state index in [-0.39, 0.29) is 42.0 Å². The van der Waals surface area contributed by atoms with Crippen molar-refractivity contribution in [1.82, 2.24) is 9.88 Å². The van der Waals surface area contributed by atoms with Crippen LogP contribution in [0.3, 0.4) is 0 Å². The number of oxazole rings is 1. The van der Waals surface area contributed by atoms with Gasteiger partial charge in [0.25, 0.3) is 6.01 Å². The van der Waals surface area contributed by atoms with Crippen LogP contribution in [-0.2, 0) is 38.8 Å². The number of benzene rings is 1. The van der Waals surface area contributed by atoms with Crippen molar-refractivity contribution >= 4 is 29.8 Å². The number of methoxy groups -OCH3 is 1. The molecule has 34 heavy (non-hydrogen) atoms. The monoisotopic (exact) mass is 469 g/mol. The van der Waals surface area contributed by atoms with Crippen LogP contribution in [-0.4, -0.2) is 60.6 Å². The molecule has 2 heterocycles. The van der Waals surface area contributed by atoms with E-state index in [9.17, 15) is 19.2 Å². The molecule has 1 atom stereocenters. The normalized spacial score (nSPS) is 18.2. The van der Waals surface area contributed by atoms with Crippen LogP contribution >= 0.6 is 0 Å². The van der Waals surface area contributed by atoms with E-state index in [4.69, 9.17) is 24.4 Å². The van der Waals surface area contributed by atoms with E-state index in [2.05, 4.69) is 4.98 Å². The Morgan fingerprint density at radius 3 is 2.50 bits per heavy atom. The lowest BCUT2D eigenvalue weighted by Crippen LogP contribution is -2.44. The van der Waals surface area contributed by atoms with Crippen LogP contribution in [0.2, 0.25) is 0 Å². The van der Waals surface area contributed by atoms with Gasteiger partial charge in [-0.05, 0) is 19.4 Å². The lowest BCUT2D eigenvalue weighted by atomic mass is 9.74. The molecule has 2 aromatic rings. The highest BCUT2D eigenvalue weighted by Gasteiger charge is 2.64. The topological polar surface area (TPSA) is 151 Å². The molecule has 1 unspecified atom stereocenters. The molecule has 11 heteroatoms. The third kappa shape index (κ3) is 3.23. The van der Waals surface area contributed by atoms with E-state index in [1.807, 2.05) is 0 Å². The Morgan fingerprint density at radius 1 is 1.12 bits per heavy atom. The van der Waals surface area contributed by atoms with Crippen LogP contribution in [0, 0.1) is 0 Å².